The maximum Gasteiger partial charge on any atom is 0.407 e. The average molecular weight is 1320 g/mol. The molecule has 0 spiro atoms. The van der Waals surface area contributed by atoms with E-state index >= 15 is 0 Å². The van der Waals surface area contributed by atoms with Crippen LogP contribution in [0.25, 0.3) is 21.5 Å². The molecule has 7 rings (SSSR count). The van der Waals surface area contributed by atoms with Crippen molar-refractivity contribution in [2.45, 2.75) is 76.3 Å². The zero-order valence-corrected chi connectivity index (χ0v) is 53.7. The molecule has 0 unspecified atom stereocenters. The number of ether oxygens (including phenoxy) is 4. The van der Waals surface area contributed by atoms with Crippen LogP contribution in [0.4, 0.5) is 18.4 Å². The van der Waals surface area contributed by atoms with Crippen LogP contribution in [0.1, 0.15) is 81.5 Å². The number of methoxy groups -OCH3 is 2. The molecule has 0 saturated carbocycles. The van der Waals surface area contributed by atoms with E-state index in [1.54, 1.807) is 24.3 Å². The first-order valence-electron chi connectivity index (χ1n) is 31.7. The number of carbonyl (C=O) groups excluding carboxylic acids is 10. The van der Waals surface area contributed by atoms with E-state index < -0.39 is 109 Å². The summed E-state index contributed by atoms with van der Waals surface area (Å²) in [6.07, 6.45) is 1.39. The summed E-state index contributed by atoms with van der Waals surface area (Å²) >= 11 is 0. The number of fused-ring (bicyclic) bond motifs is 2. The van der Waals surface area contributed by atoms with Crippen molar-refractivity contribution in [3.8, 4) is 0 Å². The number of nitrogens with zero attached hydrogens (tertiary/aromatic N) is 2. The fourth-order valence-electron chi connectivity index (χ4n) is 10.3. The smallest absolute Gasteiger partial charge is 0.407 e. The number of unbranched alkanes of at least 4 members (excludes halogenated alkanes) is 2. The van der Waals surface area contributed by atoms with Gasteiger partial charge in [-0.25, -0.2) is 28.0 Å². The second kappa shape index (κ2) is 38.4. The van der Waals surface area contributed by atoms with Crippen LogP contribution in [0.5, 0.6) is 0 Å². The molecule has 22 nitrogen and oxygen atoms in total. The molecule has 0 aliphatic heterocycles. The van der Waals surface area contributed by atoms with E-state index in [1.807, 2.05) is 84.9 Å². The minimum atomic E-state index is -1.06. The Morgan fingerprint density at radius 2 is 0.740 bits per heavy atom. The van der Waals surface area contributed by atoms with Crippen LogP contribution in [0.2, 0.25) is 0 Å². The summed E-state index contributed by atoms with van der Waals surface area (Å²) in [5, 5.41) is 20.2. The summed E-state index contributed by atoms with van der Waals surface area (Å²) < 4.78 is 47.8. The Balaban J connectivity index is 0.944. The third kappa shape index (κ3) is 24.6. The monoisotopic (exact) mass is 1320 g/mol. The van der Waals surface area contributed by atoms with Gasteiger partial charge >= 0.3 is 24.1 Å². The van der Waals surface area contributed by atoms with Gasteiger partial charge in [0.15, 0.2) is 0 Å². The van der Waals surface area contributed by atoms with Crippen molar-refractivity contribution in [1.82, 2.24) is 41.7 Å². The lowest BCUT2D eigenvalue weighted by molar-refractivity contribution is -0.144. The van der Waals surface area contributed by atoms with Gasteiger partial charge in [-0.1, -0.05) is 115 Å². The number of esters is 2. The van der Waals surface area contributed by atoms with Gasteiger partial charge in [-0.15, -0.1) is 0 Å². The fourth-order valence-corrected chi connectivity index (χ4v) is 10.3. The van der Waals surface area contributed by atoms with Crippen molar-refractivity contribution < 1.29 is 75.7 Å². The third-order valence-corrected chi connectivity index (χ3v) is 15.5. The van der Waals surface area contributed by atoms with Gasteiger partial charge in [-0.05, 0) is 138 Å². The van der Waals surface area contributed by atoms with Crippen LogP contribution in [0.15, 0.2) is 158 Å². The molecule has 0 aliphatic rings. The number of benzene rings is 7. The van der Waals surface area contributed by atoms with Crippen molar-refractivity contribution in [3.05, 3.63) is 203 Å². The molecule has 0 aliphatic carbocycles. The minimum Gasteiger partial charge on any atom is -0.467 e. The first-order valence-corrected chi connectivity index (χ1v) is 31.7. The predicted octanol–water partition coefficient (Wildman–Crippen LogP) is 7.47. The number of amides is 8. The van der Waals surface area contributed by atoms with Gasteiger partial charge in [0.1, 0.15) is 49.9 Å². The average Bonchev–Trinajstić information content (AvgIpc) is 1.10. The standard InChI is InChI=1S/C72H80F2N8O14/c1-93-69(89)61(79-71(91)95-40-34-51-20-26-53-12-3-5-14-55(53)42-51)18-7-9-36-75-63(83)45-81(47-65(85)77-38-32-49-22-28-59(73)29-23-49)67(87)57-16-11-17-58(44-57)68(88)82(48-66(86)78-39-33-50-24-30-60(74)31-25-50)46-64(84)76-37-10-8-19-62(70(90)94-2)80-72(92)96-41-35-52-21-27-54-13-4-6-15-56(54)43-52/h3-6,11-17,20-31,42-44,61-62H,7-10,18-19,32-41,45-48H2,1-2H3,(H,75,83)(H,76,84)(H,77,85)(H,78,86)(H,79,91)(H,80,92)/t61-,62-/m0/s1. The summed E-state index contributed by atoms with van der Waals surface area (Å²) in [6.45, 7) is -2.11. The largest absolute Gasteiger partial charge is 0.467 e. The molecule has 0 heterocycles. The topological polar surface area (TPSA) is 286 Å². The molecule has 0 saturated heterocycles. The number of alkyl carbamates (subject to hydrolysis) is 2. The maximum atomic E-state index is 14.5. The molecule has 506 valence electrons. The van der Waals surface area contributed by atoms with Gasteiger partial charge in [-0.2, -0.15) is 0 Å². The molecule has 2 atom stereocenters. The van der Waals surface area contributed by atoms with E-state index in [0.717, 1.165) is 53.6 Å². The molecule has 8 amide bonds. The van der Waals surface area contributed by atoms with Gasteiger partial charge in [0.25, 0.3) is 11.8 Å². The molecule has 0 fully saturated rings. The highest BCUT2D eigenvalue weighted by atomic mass is 19.1. The van der Waals surface area contributed by atoms with E-state index in [9.17, 15) is 56.7 Å². The summed E-state index contributed by atoms with van der Waals surface area (Å²) in [6, 6.07) is 42.2. The Morgan fingerprint density at radius 1 is 0.385 bits per heavy atom. The Kier molecular flexibility index (Phi) is 29.1. The zero-order chi connectivity index (χ0) is 68.6. The Bertz CT molecular complexity index is 3560. The van der Waals surface area contributed by atoms with Gasteiger partial charge in [0.05, 0.1) is 27.4 Å². The van der Waals surface area contributed by atoms with Gasteiger partial charge in [-0.3, -0.25) is 28.8 Å². The Labute approximate surface area is 555 Å². The SMILES string of the molecule is COC(=O)[C@H](CCCCNC(=O)CN(CC(=O)NCCc1ccc(F)cc1)C(=O)c1cccc(C(=O)N(CC(=O)NCCCC[C@H](NC(=O)OCCc2ccc3ccccc3c2)C(=O)OC)CC(=O)NCCc2ccc(F)cc2)c1)NC(=O)OCCc1ccc2ccccc2c1. The molecule has 6 N–H and O–H groups in total. The second-order valence-corrected chi connectivity index (χ2v) is 22.6. The van der Waals surface area contributed by atoms with Gasteiger partial charge < -0.3 is 60.6 Å². The Hall–Kier alpha value is -10.8. The van der Waals surface area contributed by atoms with E-state index in [4.69, 9.17) is 18.9 Å². The fraction of sp³-hybridized carbons (Fsp3) is 0.333. The first-order chi connectivity index (χ1) is 46.4. The lowest BCUT2D eigenvalue weighted by Gasteiger charge is -2.24. The lowest BCUT2D eigenvalue weighted by atomic mass is 10.1. The lowest BCUT2D eigenvalue weighted by Crippen LogP contribution is -2.47. The summed E-state index contributed by atoms with van der Waals surface area (Å²) in [5.74, 6) is -6.58. The Morgan fingerprint density at radius 3 is 1.11 bits per heavy atom. The molecule has 0 radical (unpaired) electrons. The number of hydrogen-bond acceptors (Lipinski definition) is 14. The van der Waals surface area contributed by atoms with Crippen LogP contribution in [-0.4, -0.2) is 161 Å². The molecular weight excluding hydrogens is 1240 g/mol. The number of nitrogens with one attached hydrogen (secondary N) is 6. The molecular formula is C72H80F2N8O14. The van der Waals surface area contributed by atoms with E-state index in [2.05, 4.69) is 31.9 Å². The summed E-state index contributed by atoms with van der Waals surface area (Å²) in [4.78, 5) is 136. The predicted molar refractivity (Wildman–Crippen MR) is 354 cm³/mol. The highest BCUT2D eigenvalue weighted by Crippen LogP contribution is 2.19. The molecule has 7 aromatic rings. The third-order valence-electron chi connectivity index (χ3n) is 15.5. The minimum absolute atomic E-state index is 0.0534. The molecule has 24 heteroatoms. The second-order valence-electron chi connectivity index (χ2n) is 22.6. The van der Waals surface area contributed by atoms with E-state index in [1.165, 1.54) is 62.8 Å². The van der Waals surface area contributed by atoms with Crippen molar-refractivity contribution >= 4 is 81.1 Å². The van der Waals surface area contributed by atoms with Crippen LogP contribution in [0.3, 0.4) is 0 Å². The maximum absolute atomic E-state index is 14.5. The molecule has 7 aromatic carbocycles. The van der Waals surface area contributed by atoms with Crippen molar-refractivity contribution in [3.63, 3.8) is 0 Å². The van der Waals surface area contributed by atoms with Crippen LogP contribution >= 0.6 is 0 Å². The van der Waals surface area contributed by atoms with Crippen LogP contribution < -0.4 is 31.9 Å². The van der Waals surface area contributed by atoms with Gasteiger partial charge in [0.2, 0.25) is 23.6 Å². The van der Waals surface area contributed by atoms with Crippen molar-refractivity contribution in [1.29, 1.82) is 0 Å². The highest BCUT2D eigenvalue weighted by Gasteiger charge is 2.28. The summed E-state index contributed by atoms with van der Waals surface area (Å²) in [7, 11) is 2.37. The summed E-state index contributed by atoms with van der Waals surface area (Å²) in [5.41, 5.74) is 3.10. The number of hydrogen-bond donors (Lipinski definition) is 6. The molecule has 0 bridgehead atoms. The zero-order valence-electron chi connectivity index (χ0n) is 53.7. The number of carbonyl (C=O) groups is 10. The van der Waals surface area contributed by atoms with E-state index in [0.29, 0.717) is 51.4 Å². The van der Waals surface area contributed by atoms with Crippen LogP contribution in [-0.2, 0) is 73.4 Å². The molecule has 0 aromatic heterocycles. The van der Waals surface area contributed by atoms with Crippen molar-refractivity contribution in [2.24, 2.45) is 0 Å². The van der Waals surface area contributed by atoms with Crippen molar-refractivity contribution in [2.75, 3.05) is 79.8 Å². The normalized spacial score (nSPS) is 11.5. The quantitative estimate of drug-likeness (QED) is 0.0126. The highest BCUT2D eigenvalue weighted by molar-refractivity contribution is 6.03. The van der Waals surface area contributed by atoms with E-state index in [-0.39, 0.29) is 63.4 Å². The van der Waals surface area contributed by atoms with Crippen LogP contribution in [0, 0.1) is 11.6 Å². The van der Waals surface area contributed by atoms with Gasteiger partial charge in [0, 0.05) is 50.1 Å². The molecule has 96 heavy (non-hydrogen) atoms. The number of halogens is 2. The number of rotatable bonds is 36. The first kappa shape index (κ1) is 72.6.